The lowest BCUT2D eigenvalue weighted by molar-refractivity contribution is 0.0702. The molecular formula is C11H7NO3S2. The lowest BCUT2D eigenvalue weighted by atomic mass is 10.1. The molecule has 86 valence electrons. The third-order valence-corrected chi connectivity index (χ3v) is 4.43. The second-order valence-corrected chi connectivity index (χ2v) is 5.16. The number of carboxylic acid groups (broad SMARTS) is 1. The summed E-state index contributed by atoms with van der Waals surface area (Å²) in [4.78, 5) is 11.3. The van der Waals surface area contributed by atoms with Crippen LogP contribution < -0.4 is 0 Å². The molecule has 0 saturated carbocycles. The summed E-state index contributed by atoms with van der Waals surface area (Å²) in [6.07, 6.45) is 3.27. The molecule has 1 N–H and O–H groups in total. The van der Waals surface area contributed by atoms with Gasteiger partial charge in [-0.2, -0.15) is 5.26 Å². The number of hydrogen-bond acceptors (Lipinski definition) is 5. The number of nitriles is 1. The molecule has 0 aromatic carbocycles. The Morgan fingerprint density at radius 3 is 2.88 bits per heavy atom. The van der Waals surface area contributed by atoms with Gasteiger partial charge in [-0.25, -0.2) is 4.79 Å². The van der Waals surface area contributed by atoms with Crippen LogP contribution in [0, 0.1) is 11.3 Å². The van der Waals surface area contributed by atoms with Crippen molar-refractivity contribution in [2.75, 3.05) is 6.26 Å². The fraction of sp³-hybridized carbons (Fsp3) is 0.0909. The molecule has 0 amide bonds. The van der Waals surface area contributed by atoms with Gasteiger partial charge in [0.1, 0.15) is 16.7 Å². The van der Waals surface area contributed by atoms with Crippen molar-refractivity contribution in [3.05, 3.63) is 28.8 Å². The monoisotopic (exact) mass is 265 g/mol. The topological polar surface area (TPSA) is 74.2 Å². The summed E-state index contributed by atoms with van der Waals surface area (Å²) in [5, 5.41) is 18.3. The highest BCUT2D eigenvalue weighted by atomic mass is 32.2. The minimum Gasteiger partial charge on any atom is -0.477 e. The van der Waals surface area contributed by atoms with Crippen molar-refractivity contribution in [2.24, 2.45) is 0 Å². The predicted molar refractivity (Wildman–Crippen MR) is 65.5 cm³/mol. The molecule has 0 atom stereocenters. The first-order chi connectivity index (χ1) is 8.19. The standard InChI is InChI=1S/C11H7NO3S2/c1-16-11-6(5-12)8(7-3-2-4-15-7)9(17-11)10(13)14/h2-4H,1H3,(H,13,14). The summed E-state index contributed by atoms with van der Waals surface area (Å²) < 4.78 is 5.88. The maximum atomic E-state index is 11.2. The fourth-order valence-electron chi connectivity index (χ4n) is 1.46. The summed E-state index contributed by atoms with van der Waals surface area (Å²) in [5.74, 6) is -0.631. The van der Waals surface area contributed by atoms with E-state index in [1.54, 1.807) is 12.1 Å². The van der Waals surface area contributed by atoms with Gasteiger partial charge in [0.25, 0.3) is 0 Å². The van der Waals surface area contributed by atoms with Gasteiger partial charge in [0.15, 0.2) is 0 Å². The molecule has 2 aromatic rings. The zero-order valence-corrected chi connectivity index (χ0v) is 10.4. The lowest BCUT2D eigenvalue weighted by Gasteiger charge is -1.96. The SMILES string of the molecule is CSc1sc(C(=O)O)c(-c2ccco2)c1C#N. The molecule has 0 spiro atoms. The van der Waals surface area contributed by atoms with Crippen molar-refractivity contribution in [3.8, 4) is 17.4 Å². The van der Waals surface area contributed by atoms with Crippen LogP contribution in [-0.2, 0) is 0 Å². The van der Waals surface area contributed by atoms with Crippen molar-refractivity contribution in [2.45, 2.75) is 4.21 Å². The minimum absolute atomic E-state index is 0.140. The zero-order valence-electron chi connectivity index (χ0n) is 8.76. The Morgan fingerprint density at radius 2 is 2.41 bits per heavy atom. The Bertz CT molecular complexity index is 593. The van der Waals surface area contributed by atoms with E-state index in [0.29, 0.717) is 21.1 Å². The number of carboxylic acids is 1. The van der Waals surface area contributed by atoms with E-state index in [4.69, 9.17) is 14.8 Å². The molecule has 0 bridgehead atoms. The van der Waals surface area contributed by atoms with Crippen molar-refractivity contribution in [1.82, 2.24) is 0 Å². The summed E-state index contributed by atoms with van der Waals surface area (Å²) in [7, 11) is 0. The van der Waals surface area contributed by atoms with E-state index in [2.05, 4.69) is 0 Å². The largest absolute Gasteiger partial charge is 0.477 e. The Kier molecular flexibility index (Phi) is 3.22. The van der Waals surface area contributed by atoms with Crippen LogP contribution in [0.5, 0.6) is 0 Å². The number of furan rings is 1. The van der Waals surface area contributed by atoms with Crippen molar-refractivity contribution < 1.29 is 14.3 Å². The summed E-state index contributed by atoms with van der Waals surface area (Å²) in [6.45, 7) is 0. The molecule has 0 aliphatic rings. The van der Waals surface area contributed by atoms with Crippen molar-refractivity contribution in [3.63, 3.8) is 0 Å². The molecule has 2 aromatic heterocycles. The van der Waals surface area contributed by atoms with E-state index in [1.165, 1.54) is 18.0 Å². The van der Waals surface area contributed by atoms with Gasteiger partial charge in [-0.3, -0.25) is 0 Å². The first-order valence-electron chi connectivity index (χ1n) is 4.57. The number of carbonyl (C=O) groups is 1. The highest BCUT2D eigenvalue weighted by molar-refractivity contribution is 8.00. The first-order valence-corrected chi connectivity index (χ1v) is 6.61. The third kappa shape index (κ3) is 1.95. The molecular weight excluding hydrogens is 258 g/mol. The van der Waals surface area contributed by atoms with Crippen LogP contribution in [0.2, 0.25) is 0 Å². The van der Waals surface area contributed by atoms with E-state index in [-0.39, 0.29) is 4.88 Å². The molecule has 0 aliphatic heterocycles. The number of rotatable bonds is 3. The number of aromatic carboxylic acids is 1. The smallest absolute Gasteiger partial charge is 0.346 e. The molecule has 4 nitrogen and oxygen atoms in total. The van der Waals surface area contributed by atoms with Gasteiger partial charge in [0.2, 0.25) is 0 Å². The highest BCUT2D eigenvalue weighted by Gasteiger charge is 2.24. The maximum Gasteiger partial charge on any atom is 0.346 e. The van der Waals surface area contributed by atoms with Crippen LogP contribution in [-0.4, -0.2) is 17.3 Å². The molecule has 2 heterocycles. The maximum absolute atomic E-state index is 11.2. The van der Waals surface area contributed by atoms with Gasteiger partial charge in [-0.05, 0) is 18.4 Å². The Labute approximate surface area is 105 Å². The predicted octanol–water partition coefficient (Wildman–Crippen LogP) is 3.30. The lowest BCUT2D eigenvalue weighted by Crippen LogP contribution is -1.94. The Balaban J connectivity index is 2.75. The summed E-state index contributed by atoms with van der Waals surface area (Å²) in [6, 6.07) is 5.36. The van der Waals surface area contributed by atoms with Crippen molar-refractivity contribution >= 4 is 29.1 Å². The second kappa shape index (κ2) is 4.65. The van der Waals surface area contributed by atoms with Gasteiger partial charge >= 0.3 is 5.97 Å². The first kappa shape index (κ1) is 11.8. The molecule has 0 radical (unpaired) electrons. The van der Waals surface area contributed by atoms with E-state index in [9.17, 15) is 4.79 Å². The van der Waals surface area contributed by atoms with Gasteiger partial charge < -0.3 is 9.52 Å². The van der Waals surface area contributed by atoms with Gasteiger partial charge in [-0.15, -0.1) is 23.1 Å². The van der Waals surface area contributed by atoms with Crippen LogP contribution in [0.15, 0.2) is 27.0 Å². The zero-order chi connectivity index (χ0) is 12.4. The number of hydrogen-bond donors (Lipinski definition) is 1. The molecule has 0 unspecified atom stereocenters. The quantitative estimate of drug-likeness (QED) is 0.862. The number of thiophene rings is 1. The van der Waals surface area contributed by atoms with Crippen molar-refractivity contribution in [1.29, 1.82) is 5.26 Å². The van der Waals surface area contributed by atoms with Crippen LogP contribution in [0.3, 0.4) is 0 Å². The van der Waals surface area contributed by atoms with E-state index in [1.807, 2.05) is 12.3 Å². The third-order valence-electron chi connectivity index (χ3n) is 2.13. The fourth-order valence-corrected chi connectivity index (χ4v) is 3.22. The van der Waals surface area contributed by atoms with Crippen LogP contribution in [0.25, 0.3) is 11.3 Å². The highest BCUT2D eigenvalue weighted by Crippen LogP contribution is 2.40. The molecule has 17 heavy (non-hydrogen) atoms. The van der Waals surface area contributed by atoms with Gasteiger partial charge in [0, 0.05) is 0 Å². The Hall–Kier alpha value is -1.71. The molecule has 2 rings (SSSR count). The number of thioether (sulfide) groups is 1. The molecule has 0 aliphatic carbocycles. The molecule has 6 heteroatoms. The average Bonchev–Trinajstić information content (AvgIpc) is 2.94. The van der Waals surface area contributed by atoms with E-state index < -0.39 is 5.97 Å². The van der Waals surface area contributed by atoms with E-state index >= 15 is 0 Å². The van der Waals surface area contributed by atoms with Crippen LogP contribution in [0.4, 0.5) is 0 Å². The van der Waals surface area contributed by atoms with Crippen LogP contribution >= 0.6 is 23.1 Å². The Morgan fingerprint density at radius 1 is 1.65 bits per heavy atom. The normalized spacial score (nSPS) is 10.1. The summed E-state index contributed by atoms with van der Waals surface area (Å²) >= 11 is 2.46. The van der Waals surface area contributed by atoms with Crippen LogP contribution in [0.1, 0.15) is 15.2 Å². The minimum atomic E-state index is -1.04. The second-order valence-electron chi connectivity index (χ2n) is 3.07. The van der Waals surface area contributed by atoms with Gasteiger partial charge in [0.05, 0.1) is 21.6 Å². The average molecular weight is 265 g/mol. The molecule has 0 saturated heterocycles. The molecule has 0 fully saturated rings. The number of nitrogens with zero attached hydrogens (tertiary/aromatic N) is 1. The van der Waals surface area contributed by atoms with Gasteiger partial charge in [-0.1, -0.05) is 0 Å². The van der Waals surface area contributed by atoms with E-state index in [0.717, 1.165) is 11.3 Å². The summed E-state index contributed by atoms with van der Waals surface area (Å²) in [5.41, 5.74) is 0.745.